The molecule has 1 aromatic heterocycles. The van der Waals surface area contributed by atoms with Gasteiger partial charge in [0.25, 0.3) is 0 Å². The molecule has 0 spiro atoms. The summed E-state index contributed by atoms with van der Waals surface area (Å²) in [5.41, 5.74) is 5.00. The third kappa shape index (κ3) is 4.76. The molecule has 0 saturated carbocycles. The van der Waals surface area contributed by atoms with E-state index in [0.29, 0.717) is 11.0 Å². The summed E-state index contributed by atoms with van der Waals surface area (Å²) in [6, 6.07) is 10.7. The Hall–Kier alpha value is -1.94. The standard InChI is InChI=1S/C19H25N3S/c1-12(2)18(16-7-6-13(3)10-15(16)5)22-19(23)21-17-11-14(4)8-9-20-17/h6-12,18H,1-5H3,(H2,20,21,22,23)/t18-/m0/s1. The van der Waals surface area contributed by atoms with Crippen LogP contribution < -0.4 is 10.6 Å². The number of hydrogen-bond acceptors (Lipinski definition) is 2. The summed E-state index contributed by atoms with van der Waals surface area (Å²) in [4.78, 5) is 4.29. The molecule has 2 rings (SSSR count). The summed E-state index contributed by atoms with van der Waals surface area (Å²) in [6.45, 7) is 10.7. The quantitative estimate of drug-likeness (QED) is 0.799. The minimum Gasteiger partial charge on any atom is -0.355 e. The monoisotopic (exact) mass is 327 g/mol. The highest BCUT2D eigenvalue weighted by atomic mass is 32.1. The van der Waals surface area contributed by atoms with Gasteiger partial charge in [0.15, 0.2) is 5.11 Å². The molecule has 0 aliphatic rings. The molecule has 1 heterocycles. The Morgan fingerprint density at radius 3 is 2.35 bits per heavy atom. The number of rotatable bonds is 4. The summed E-state index contributed by atoms with van der Waals surface area (Å²) in [5, 5.41) is 7.22. The first kappa shape index (κ1) is 17.4. The van der Waals surface area contributed by atoms with Crippen LogP contribution in [0.1, 0.15) is 42.1 Å². The average Bonchev–Trinajstić information content (AvgIpc) is 2.45. The average molecular weight is 327 g/mol. The summed E-state index contributed by atoms with van der Waals surface area (Å²) in [6.07, 6.45) is 1.78. The molecule has 0 bridgehead atoms. The van der Waals surface area contributed by atoms with Crippen molar-refractivity contribution in [2.24, 2.45) is 5.92 Å². The van der Waals surface area contributed by atoms with Crippen LogP contribution in [0.25, 0.3) is 0 Å². The van der Waals surface area contributed by atoms with Crippen LogP contribution in [0.4, 0.5) is 5.82 Å². The largest absolute Gasteiger partial charge is 0.355 e. The van der Waals surface area contributed by atoms with E-state index in [1.165, 1.54) is 16.7 Å². The molecule has 0 aliphatic carbocycles. The Labute approximate surface area is 144 Å². The maximum absolute atomic E-state index is 5.48. The van der Waals surface area contributed by atoms with Gasteiger partial charge in [-0.25, -0.2) is 4.98 Å². The maximum atomic E-state index is 5.48. The molecule has 3 nitrogen and oxygen atoms in total. The van der Waals surface area contributed by atoms with Gasteiger partial charge in [-0.05, 0) is 67.7 Å². The van der Waals surface area contributed by atoms with Crippen LogP contribution in [0.15, 0.2) is 36.5 Å². The lowest BCUT2D eigenvalue weighted by Crippen LogP contribution is -2.35. The fourth-order valence-corrected chi connectivity index (χ4v) is 2.91. The minimum atomic E-state index is 0.167. The Morgan fingerprint density at radius 1 is 1.04 bits per heavy atom. The summed E-state index contributed by atoms with van der Waals surface area (Å²) in [7, 11) is 0. The predicted molar refractivity (Wildman–Crippen MR) is 102 cm³/mol. The molecule has 0 aliphatic heterocycles. The number of nitrogens with one attached hydrogen (secondary N) is 2. The van der Waals surface area contributed by atoms with E-state index >= 15 is 0 Å². The van der Waals surface area contributed by atoms with Crippen molar-refractivity contribution in [3.05, 3.63) is 58.8 Å². The minimum absolute atomic E-state index is 0.167. The second-order valence-corrected chi connectivity index (χ2v) is 6.81. The number of aryl methyl sites for hydroxylation is 3. The SMILES string of the molecule is Cc1ccnc(NC(=S)N[C@H](c2ccc(C)cc2C)C(C)C)c1. The molecular weight excluding hydrogens is 302 g/mol. The molecule has 2 N–H and O–H groups in total. The molecular formula is C19H25N3S. The number of hydrogen-bond donors (Lipinski definition) is 2. The molecule has 0 fully saturated rings. The van der Waals surface area contributed by atoms with Gasteiger partial charge in [0.2, 0.25) is 0 Å². The van der Waals surface area contributed by atoms with E-state index in [1.807, 2.05) is 19.1 Å². The van der Waals surface area contributed by atoms with E-state index in [-0.39, 0.29) is 6.04 Å². The Kier molecular flexibility index (Phi) is 5.72. The van der Waals surface area contributed by atoms with Gasteiger partial charge in [-0.3, -0.25) is 0 Å². The van der Waals surface area contributed by atoms with Gasteiger partial charge in [0, 0.05) is 6.20 Å². The second-order valence-electron chi connectivity index (χ2n) is 6.40. The Bertz CT molecular complexity index is 695. The van der Waals surface area contributed by atoms with Gasteiger partial charge >= 0.3 is 0 Å². The van der Waals surface area contributed by atoms with Crippen LogP contribution in [0.2, 0.25) is 0 Å². The van der Waals surface area contributed by atoms with Crippen molar-refractivity contribution in [1.82, 2.24) is 10.3 Å². The van der Waals surface area contributed by atoms with Crippen LogP contribution in [-0.4, -0.2) is 10.1 Å². The van der Waals surface area contributed by atoms with Crippen molar-refractivity contribution in [3.63, 3.8) is 0 Å². The van der Waals surface area contributed by atoms with E-state index in [9.17, 15) is 0 Å². The molecule has 122 valence electrons. The molecule has 4 heteroatoms. The number of benzene rings is 1. The fourth-order valence-electron chi connectivity index (χ4n) is 2.68. The van der Waals surface area contributed by atoms with Gasteiger partial charge in [0.05, 0.1) is 6.04 Å². The lowest BCUT2D eigenvalue weighted by Gasteiger charge is -2.26. The first-order valence-electron chi connectivity index (χ1n) is 7.94. The highest BCUT2D eigenvalue weighted by molar-refractivity contribution is 7.80. The molecule has 0 unspecified atom stereocenters. The van der Waals surface area contributed by atoms with Gasteiger partial charge in [-0.15, -0.1) is 0 Å². The first-order chi connectivity index (χ1) is 10.9. The van der Waals surface area contributed by atoms with Crippen LogP contribution in [-0.2, 0) is 0 Å². The van der Waals surface area contributed by atoms with Crippen molar-refractivity contribution in [1.29, 1.82) is 0 Å². The zero-order chi connectivity index (χ0) is 17.0. The number of aromatic nitrogens is 1. The third-order valence-electron chi connectivity index (χ3n) is 3.87. The zero-order valence-electron chi connectivity index (χ0n) is 14.5. The normalized spacial score (nSPS) is 12.1. The summed E-state index contributed by atoms with van der Waals surface area (Å²) in [5.74, 6) is 1.19. The Morgan fingerprint density at radius 2 is 1.74 bits per heavy atom. The number of pyridine rings is 1. The fraction of sp³-hybridized carbons (Fsp3) is 0.368. The van der Waals surface area contributed by atoms with Crippen molar-refractivity contribution >= 4 is 23.1 Å². The van der Waals surface area contributed by atoms with Gasteiger partial charge in [0.1, 0.15) is 5.82 Å². The highest BCUT2D eigenvalue weighted by Gasteiger charge is 2.18. The van der Waals surface area contributed by atoms with Crippen molar-refractivity contribution in [3.8, 4) is 0 Å². The lowest BCUT2D eigenvalue weighted by molar-refractivity contribution is 0.471. The predicted octanol–water partition coefficient (Wildman–Crippen LogP) is 4.69. The summed E-state index contributed by atoms with van der Waals surface area (Å²) >= 11 is 5.48. The van der Waals surface area contributed by atoms with E-state index in [0.717, 1.165) is 11.4 Å². The van der Waals surface area contributed by atoms with Crippen LogP contribution in [0.5, 0.6) is 0 Å². The van der Waals surface area contributed by atoms with Gasteiger partial charge < -0.3 is 10.6 Å². The highest BCUT2D eigenvalue weighted by Crippen LogP contribution is 2.25. The smallest absolute Gasteiger partial charge is 0.172 e. The molecule has 23 heavy (non-hydrogen) atoms. The second kappa shape index (κ2) is 7.55. The van der Waals surface area contributed by atoms with E-state index in [4.69, 9.17) is 12.2 Å². The molecule has 1 aromatic carbocycles. The third-order valence-corrected chi connectivity index (χ3v) is 4.09. The number of anilines is 1. The first-order valence-corrected chi connectivity index (χ1v) is 8.35. The number of nitrogens with zero attached hydrogens (tertiary/aromatic N) is 1. The summed E-state index contributed by atoms with van der Waals surface area (Å²) < 4.78 is 0. The lowest BCUT2D eigenvalue weighted by atomic mass is 9.92. The van der Waals surface area contributed by atoms with Crippen LogP contribution in [0.3, 0.4) is 0 Å². The van der Waals surface area contributed by atoms with Crippen molar-refractivity contribution < 1.29 is 0 Å². The molecule has 0 amide bonds. The maximum Gasteiger partial charge on any atom is 0.172 e. The van der Waals surface area contributed by atoms with Gasteiger partial charge in [-0.1, -0.05) is 37.6 Å². The van der Waals surface area contributed by atoms with Crippen LogP contribution >= 0.6 is 12.2 Å². The van der Waals surface area contributed by atoms with Crippen LogP contribution in [0, 0.1) is 26.7 Å². The van der Waals surface area contributed by atoms with E-state index < -0.39 is 0 Å². The zero-order valence-corrected chi connectivity index (χ0v) is 15.3. The van der Waals surface area contributed by atoms with E-state index in [2.05, 4.69) is 61.5 Å². The molecule has 2 aromatic rings. The topological polar surface area (TPSA) is 37.0 Å². The van der Waals surface area contributed by atoms with Crippen molar-refractivity contribution in [2.45, 2.75) is 40.7 Å². The number of thiocarbonyl (C=S) groups is 1. The van der Waals surface area contributed by atoms with E-state index in [1.54, 1.807) is 6.20 Å². The molecule has 0 saturated heterocycles. The Balaban J connectivity index is 2.14. The van der Waals surface area contributed by atoms with Gasteiger partial charge in [-0.2, -0.15) is 0 Å². The molecule has 1 atom stereocenters. The molecule has 0 radical (unpaired) electrons. The van der Waals surface area contributed by atoms with Crippen molar-refractivity contribution in [2.75, 3.05) is 5.32 Å².